The van der Waals surface area contributed by atoms with Crippen molar-refractivity contribution in [2.24, 2.45) is 0 Å². The summed E-state index contributed by atoms with van der Waals surface area (Å²) < 4.78 is 9.87. The van der Waals surface area contributed by atoms with Gasteiger partial charge in [0.1, 0.15) is 27.0 Å². The van der Waals surface area contributed by atoms with E-state index in [9.17, 15) is 19.2 Å². The van der Waals surface area contributed by atoms with Crippen LogP contribution >= 0.6 is 0 Å². The molecule has 0 fully saturated rings. The number of amides is 4. The van der Waals surface area contributed by atoms with Gasteiger partial charge in [-0.05, 0) is 56.6 Å². The van der Waals surface area contributed by atoms with Crippen molar-refractivity contribution in [3.05, 3.63) is 70.8 Å². The molecule has 42 heavy (non-hydrogen) atoms. The fourth-order valence-electron chi connectivity index (χ4n) is 5.87. The highest BCUT2D eigenvalue weighted by Crippen LogP contribution is 2.46. The normalized spacial score (nSPS) is 13.9. The summed E-state index contributed by atoms with van der Waals surface area (Å²) in [7, 11) is 0. The monoisotopic (exact) mass is 574 g/mol. The van der Waals surface area contributed by atoms with Crippen LogP contribution in [0.3, 0.4) is 0 Å². The standard InChI is InChI=1S/C28H18N2O8.4CH4/c31-11-37-9-29-25(33)17-5-1-13-14-2-6-19-24-20(28(36)30(27(19)35)10-38-12-32)8-4-16(22(14)24)15-3-7-18(26(29)34)23(17)21(13)15;;;;/h1-8,31-32H,9-12H2;4*1H4. The van der Waals surface area contributed by atoms with Crippen LogP contribution in [-0.2, 0) is 9.47 Å². The van der Waals surface area contributed by atoms with Gasteiger partial charge in [-0.15, -0.1) is 0 Å². The summed E-state index contributed by atoms with van der Waals surface area (Å²) in [6, 6.07) is 13.9. The number of fused-ring (bicyclic) bond motifs is 2. The van der Waals surface area contributed by atoms with Crippen molar-refractivity contribution in [1.29, 1.82) is 0 Å². The van der Waals surface area contributed by atoms with Gasteiger partial charge in [0.15, 0.2) is 0 Å². The van der Waals surface area contributed by atoms with Gasteiger partial charge in [0.05, 0.1) is 0 Å². The Morgan fingerprint density at radius 2 is 0.714 bits per heavy atom. The lowest BCUT2D eigenvalue weighted by atomic mass is 9.82. The second kappa shape index (κ2) is 11.4. The highest BCUT2D eigenvalue weighted by atomic mass is 16.6. The van der Waals surface area contributed by atoms with Crippen LogP contribution in [0.25, 0.3) is 43.1 Å². The first-order chi connectivity index (χ1) is 18.5. The van der Waals surface area contributed by atoms with E-state index in [-0.39, 0.29) is 43.2 Å². The molecule has 2 aliphatic rings. The van der Waals surface area contributed by atoms with Crippen molar-refractivity contribution in [3.63, 3.8) is 0 Å². The van der Waals surface area contributed by atoms with Crippen LogP contribution in [-0.4, -0.2) is 70.7 Å². The van der Waals surface area contributed by atoms with Crippen LogP contribution in [0.1, 0.15) is 71.1 Å². The zero-order chi connectivity index (χ0) is 26.3. The van der Waals surface area contributed by atoms with E-state index in [1.165, 1.54) is 0 Å². The molecule has 0 aromatic heterocycles. The molecule has 0 saturated carbocycles. The number of rotatable bonds is 6. The molecule has 0 unspecified atom stereocenters. The molecule has 2 heterocycles. The lowest BCUT2D eigenvalue weighted by Gasteiger charge is -2.29. The molecule has 0 spiro atoms. The number of hydrogen-bond acceptors (Lipinski definition) is 8. The Balaban J connectivity index is 0.00000121. The zero-order valence-electron chi connectivity index (χ0n) is 19.7. The molecule has 0 saturated heterocycles. The summed E-state index contributed by atoms with van der Waals surface area (Å²) in [5.41, 5.74) is 1.39. The van der Waals surface area contributed by atoms with E-state index in [0.717, 1.165) is 42.1 Å². The largest absolute Gasteiger partial charge is 0.371 e. The third kappa shape index (κ3) is 3.95. The average Bonchev–Trinajstić information content (AvgIpc) is 2.93. The number of aliphatic hydroxyl groups is 2. The topological polar surface area (TPSA) is 134 Å². The Labute approximate surface area is 243 Å². The van der Waals surface area contributed by atoms with Gasteiger partial charge in [0.2, 0.25) is 0 Å². The van der Waals surface area contributed by atoms with Crippen LogP contribution in [0, 0.1) is 0 Å². The maximum absolute atomic E-state index is 13.2. The molecule has 0 bridgehead atoms. The molecule has 4 amide bonds. The number of benzene rings is 5. The van der Waals surface area contributed by atoms with Crippen LogP contribution < -0.4 is 0 Å². The Bertz CT molecular complexity index is 1640. The molecule has 220 valence electrons. The lowest BCUT2D eigenvalue weighted by Crippen LogP contribution is -2.42. The number of carbonyl (C=O) groups is 4. The molecule has 0 radical (unpaired) electrons. The fraction of sp³-hybridized carbons (Fsp3) is 0.250. The molecule has 0 aliphatic carbocycles. The van der Waals surface area contributed by atoms with Crippen molar-refractivity contribution in [1.82, 2.24) is 9.80 Å². The van der Waals surface area contributed by atoms with Crippen LogP contribution in [0.2, 0.25) is 0 Å². The molecule has 2 N–H and O–H groups in total. The minimum atomic E-state index is -0.626. The van der Waals surface area contributed by atoms with E-state index in [1.807, 2.05) is 24.3 Å². The maximum Gasteiger partial charge on any atom is 0.263 e. The summed E-state index contributed by atoms with van der Waals surface area (Å²) in [5, 5.41) is 23.7. The molecular weight excluding hydrogens is 540 g/mol. The predicted molar refractivity (Wildman–Crippen MR) is 162 cm³/mol. The van der Waals surface area contributed by atoms with E-state index < -0.39 is 37.2 Å². The van der Waals surface area contributed by atoms with Gasteiger partial charge in [0, 0.05) is 33.0 Å². The van der Waals surface area contributed by atoms with Gasteiger partial charge in [-0.1, -0.05) is 54.0 Å². The van der Waals surface area contributed by atoms with Crippen molar-refractivity contribution in [2.75, 3.05) is 27.0 Å². The van der Waals surface area contributed by atoms with Gasteiger partial charge in [-0.25, -0.2) is 9.80 Å². The van der Waals surface area contributed by atoms with Crippen LogP contribution in [0.4, 0.5) is 0 Å². The quantitative estimate of drug-likeness (QED) is 0.120. The summed E-state index contributed by atoms with van der Waals surface area (Å²) in [5.74, 6) is -2.07. The van der Waals surface area contributed by atoms with E-state index in [2.05, 4.69) is 0 Å². The summed E-state index contributed by atoms with van der Waals surface area (Å²) >= 11 is 0. The number of hydrogen-bond donors (Lipinski definition) is 2. The van der Waals surface area contributed by atoms with E-state index >= 15 is 0 Å². The second-order valence-corrected chi connectivity index (χ2v) is 9.14. The van der Waals surface area contributed by atoms with Crippen LogP contribution in [0.15, 0.2) is 48.5 Å². The third-order valence-corrected chi connectivity index (χ3v) is 7.43. The molecule has 2 aliphatic heterocycles. The number of ether oxygens (including phenoxy) is 2. The molecule has 10 nitrogen and oxygen atoms in total. The van der Waals surface area contributed by atoms with Crippen LogP contribution in [0.5, 0.6) is 0 Å². The smallest absolute Gasteiger partial charge is 0.263 e. The van der Waals surface area contributed by atoms with E-state index in [4.69, 9.17) is 19.7 Å². The van der Waals surface area contributed by atoms with Crippen molar-refractivity contribution in [2.45, 2.75) is 29.7 Å². The first kappa shape index (κ1) is 32.0. The van der Waals surface area contributed by atoms with Gasteiger partial charge in [-0.2, -0.15) is 0 Å². The number of carbonyl (C=O) groups excluding carboxylic acids is 4. The van der Waals surface area contributed by atoms with Crippen molar-refractivity contribution < 1.29 is 38.9 Å². The Morgan fingerprint density at radius 3 is 0.952 bits per heavy atom. The number of aliphatic hydroxyl groups excluding tert-OH is 2. The van der Waals surface area contributed by atoms with Gasteiger partial charge < -0.3 is 19.7 Å². The zero-order valence-corrected chi connectivity index (χ0v) is 19.7. The van der Waals surface area contributed by atoms with Crippen molar-refractivity contribution >= 4 is 66.7 Å². The lowest BCUT2D eigenvalue weighted by molar-refractivity contribution is -0.0407. The number of imide groups is 2. The minimum Gasteiger partial charge on any atom is -0.371 e. The van der Waals surface area contributed by atoms with Gasteiger partial charge >= 0.3 is 0 Å². The molecular formula is C32H34N2O8. The molecule has 7 rings (SSSR count). The first-order valence-electron chi connectivity index (χ1n) is 11.8. The Hall–Kier alpha value is -4.48. The predicted octanol–water partition coefficient (Wildman–Crippen LogP) is 5.32. The Kier molecular flexibility index (Phi) is 8.71. The fourth-order valence-corrected chi connectivity index (χ4v) is 5.87. The highest BCUT2D eigenvalue weighted by Gasteiger charge is 2.36. The van der Waals surface area contributed by atoms with Crippen molar-refractivity contribution in [3.8, 4) is 0 Å². The maximum atomic E-state index is 13.2. The summed E-state index contributed by atoms with van der Waals surface area (Å²) in [6.07, 6.45) is 0. The first-order valence-corrected chi connectivity index (χ1v) is 11.8. The summed E-state index contributed by atoms with van der Waals surface area (Å²) in [6.45, 7) is -1.98. The number of nitrogens with zero attached hydrogens (tertiary/aromatic N) is 2. The van der Waals surface area contributed by atoms with Gasteiger partial charge in [-0.3, -0.25) is 19.2 Å². The SMILES string of the molecule is C.C.C.C.O=C1c2ccc3c4ccc5c6c(ccc(c7ccc(c2c37)C(=O)N1COCO)c64)C(=O)N(COCO)C5=O. The van der Waals surface area contributed by atoms with Gasteiger partial charge in [0.25, 0.3) is 23.6 Å². The van der Waals surface area contributed by atoms with E-state index in [0.29, 0.717) is 33.0 Å². The third-order valence-electron chi connectivity index (χ3n) is 7.43. The highest BCUT2D eigenvalue weighted by molar-refractivity contribution is 6.41. The van der Waals surface area contributed by atoms with E-state index in [1.54, 1.807) is 24.3 Å². The Morgan fingerprint density at radius 1 is 0.452 bits per heavy atom. The second-order valence-electron chi connectivity index (χ2n) is 9.14. The minimum absolute atomic E-state index is 0. The summed E-state index contributed by atoms with van der Waals surface area (Å²) in [4.78, 5) is 54.9. The average molecular weight is 575 g/mol. The molecule has 5 aromatic carbocycles. The molecule has 0 atom stereocenters. The molecule has 10 heteroatoms. The molecule has 5 aromatic rings.